The van der Waals surface area contributed by atoms with E-state index in [0.29, 0.717) is 25.3 Å². The predicted molar refractivity (Wildman–Crippen MR) is 151 cm³/mol. The van der Waals surface area contributed by atoms with Gasteiger partial charge in [0.2, 0.25) is 0 Å². The van der Waals surface area contributed by atoms with Crippen molar-refractivity contribution in [1.29, 1.82) is 0 Å². The number of rotatable bonds is 9. The van der Waals surface area contributed by atoms with Crippen LogP contribution in [0.4, 0.5) is 5.69 Å². The number of fused-ring (bicyclic) bond motifs is 2. The minimum Gasteiger partial charge on any atom is -0.494 e. The Morgan fingerprint density at radius 3 is 2.92 bits per heavy atom. The Morgan fingerprint density at radius 1 is 1.15 bits per heavy atom. The molecule has 39 heavy (non-hydrogen) atoms. The number of aryl methyl sites for hydroxylation is 2. The van der Waals surface area contributed by atoms with Crippen molar-refractivity contribution in [2.45, 2.75) is 32.6 Å². The fraction of sp³-hybridized carbons (Fsp3) is 0.276. The quantitative estimate of drug-likeness (QED) is 0.193. The molecule has 0 spiro atoms. The Labute approximate surface area is 229 Å². The molecule has 0 radical (unpaired) electrons. The van der Waals surface area contributed by atoms with E-state index in [2.05, 4.69) is 38.6 Å². The van der Waals surface area contributed by atoms with Crippen molar-refractivity contribution >= 4 is 34.0 Å². The summed E-state index contributed by atoms with van der Waals surface area (Å²) < 4.78 is 13.1. The third-order valence-corrected chi connectivity index (χ3v) is 7.76. The van der Waals surface area contributed by atoms with Crippen LogP contribution in [0.15, 0.2) is 61.2 Å². The minimum atomic E-state index is -0.376. The van der Waals surface area contributed by atoms with Gasteiger partial charge in [0.1, 0.15) is 17.1 Å². The largest absolute Gasteiger partial charge is 0.494 e. The number of benzene rings is 2. The van der Waals surface area contributed by atoms with E-state index in [9.17, 15) is 4.79 Å². The van der Waals surface area contributed by atoms with Gasteiger partial charge in [-0.2, -0.15) is 5.10 Å². The highest BCUT2D eigenvalue weighted by atomic mass is 32.1. The second kappa shape index (κ2) is 11.2. The number of nitrogens with zero attached hydrogens (tertiary/aromatic N) is 5. The van der Waals surface area contributed by atoms with Gasteiger partial charge in [0, 0.05) is 28.9 Å². The van der Waals surface area contributed by atoms with E-state index in [1.165, 1.54) is 11.9 Å². The summed E-state index contributed by atoms with van der Waals surface area (Å²) in [6, 6.07) is 14.1. The predicted octanol–water partition coefficient (Wildman–Crippen LogP) is 5.49. The van der Waals surface area contributed by atoms with Crippen molar-refractivity contribution in [3.8, 4) is 22.0 Å². The standard InChI is InChI=1S/C29H28N6O3S/c1-2-37-29(36)26-25(39-28(34-26)20-8-7-19-5-3-13-31-24(19)15-20)6-4-14-38-23-11-9-22(10-12-23)35-27-21(17-33-35)16-30-18-32-27/h7-12,15-18,31H,2-6,13-14H2,1H3. The molecular weight excluding hydrogens is 512 g/mol. The van der Waals surface area contributed by atoms with E-state index < -0.39 is 0 Å². The molecule has 10 heteroatoms. The highest BCUT2D eigenvalue weighted by Crippen LogP contribution is 2.33. The average molecular weight is 541 g/mol. The van der Waals surface area contributed by atoms with Gasteiger partial charge in [-0.1, -0.05) is 12.1 Å². The van der Waals surface area contributed by atoms with Gasteiger partial charge in [-0.05, 0) is 68.5 Å². The van der Waals surface area contributed by atoms with Crippen LogP contribution in [0.25, 0.3) is 27.3 Å². The van der Waals surface area contributed by atoms with E-state index in [0.717, 1.165) is 69.4 Å². The summed E-state index contributed by atoms with van der Waals surface area (Å²) in [6.07, 6.45) is 8.64. The number of nitrogens with one attached hydrogen (secondary N) is 1. The van der Waals surface area contributed by atoms with Gasteiger partial charge >= 0.3 is 5.97 Å². The summed E-state index contributed by atoms with van der Waals surface area (Å²) in [7, 11) is 0. The molecule has 0 saturated carbocycles. The van der Waals surface area contributed by atoms with E-state index in [4.69, 9.17) is 14.5 Å². The molecule has 0 atom stereocenters. The summed E-state index contributed by atoms with van der Waals surface area (Å²) in [6.45, 7) is 3.61. The molecule has 9 nitrogen and oxygen atoms in total. The number of aromatic nitrogens is 5. The Hall–Kier alpha value is -4.31. The molecule has 2 aromatic carbocycles. The van der Waals surface area contributed by atoms with Gasteiger partial charge < -0.3 is 14.8 Å². The van der Waals surface area contributed by atoms with Crippen molar-refractivity contribution in [2.75, 3.05) is 25.1 Å². The zero-order valence-corrected chi connectivity index (χ0v) is 22.4. The van der Waals surface area contributed by atoms with Gasteiger partial charge in [-0.15, -0.1) is 11.3 Å². The average Bonchev–Trinajstić information content (AvgIpc) is 3.61. The highest BCUT2D eigenvalue weighted by Gasteiger charge is 2.21. The summed E-state index contributed by atoms with van der Waals surface area (Å²) in [5, 5.41) is 9.60. The lowest BCUT2D eigenvalue weighted by Crippen LogP contribution is -2.11. The lowest BCUT2D eigenvalue weighted by atomic mass is 10.0. The maximum Gasteiger partial charge on any atom is 0.358 e. The van der Waals surface area contributed by atoms with Crippen LogP contribution < -0.4 is 10.1 Å². The van der Waals surface area contributed by atoms with E-state index in [1.54, 1.807) is 28.4 Å². The van der Waals surface area contributed by atoms with Crippen LogP contribution in [0.2, 0.25) is 0 Å². The maximum absolute atomic E-state index is 12.7. The molecule has 0 amide bonds. The van der Waals surface area contributed by atoms with Crippen LogP contribution in [-0.4, -0.2) is 50.5 Å². The maximum atomic E-state index is 12.7. The van der Waals surface area contributed by atoms with E-state index in [-0.39, 0.29) is 5.97 Å². The molecule has 0 fully saturated rings. The highest BCUT2D eigenvalue weighted by molar-refractivity contribution is 7.15. The second-order valence-corrected chi connectivity index (χ2v) is 10.3. The topological polar surface area (TPSA) is 104 Å². The Bertz CT molecular complexity index is 1610. The first-order valence-electron chi connectivity index (χ1n) is 13.1. The van der Waals surface area contributed by atoms with Crippen LogP contribution >= 0.6 is 11.3 Å². The summed E-state index contributed by atoms with van der Waals surface area (Å²) in [5.41, 5.74) is 5.54. The molecule has 198 valence electrons. The van der Waals surface area contributed by atoms with Gasteiger partial charge in [-0.25, -0.2) is 24.4 Å². The summed E-state index contributed by atoms with van der Waals surface area (Å²) in [5.74, 6) is 0.390. The van der Waals surface area contributed by atoms with Crippen LogP contribution in [-0.2, 0) is 17.6 Å². The van der Waals surface area contributed by atoms with Crippen molar-refractivity contribution in [3.63, 3.8) is 0 Å². The molecule has 6 rings (SSSR count). The molecule has 0 saturated heterocycles. The third kappa shape index (κ3) is 5.33. The molecule has 5 aromatic rings. The number of anilines is 1. The van der Waals surface area contributed by atoms with Crippen molar-refractivity contribution in [3.05, 3.63) is 77.3 Å². The van der Waals surface area contributed by atoms with Crippen molar-refractivity contribution < 1.29 is 14.3 Å². The first kappa shape index (κ1) is 25.0. The normalized spacial score (nSPS) is 12.6. The number of hydrogen-bond donors (Lipinski definition) is 1. The summed E-state index contributed by atoms with van der Waals surface area (Å²) >= 11 is 1.55. The molecular formula is C29H28N6O3S. The monoisotopic (exact) mass is 540 g/mol. The SMILES string of the molecule is CCOC(=O)c1nc(-c2ccc3c(c2)NCCC3)sc1CCCOc1ccc(-n2ncc3cncnc32)cc1. The van der Waals surface area contributed by atoms with Crippen LogP contribution in [0.5, 0.6) is 5.75 Å². The Balaban J connectivity index is 1.12. The lowest BCUT2D eigenvalue weighted by molar-refractivity contribution is 0.0519. The Kier molecular flexibility index (Phi) is 7.18. The Morgan fingerprint density at radius 2 is 2.05 bits per heavy atom. The van der Waals surface area contributed by atoms with Crippen LogP contribution in [0, 0.1) is 0 Å². The summed E-state index contributed by atoms with van der Waals surface area (Å²) in [4.78, 5) is 26.6. The first-order valence-corrected chi connectivity index (χ1v) is 13.9. The fourth-order valence-corrected chi connectivity index (χ4v) is 5.76. The zero-order valence-electron chi connectivity index (χ0n) is 21.6. The van der Waals surface area contributed by atoms with E-state index in [1.807, 2.05) is 31.2 Å². The second-order valence-electron chi connectivity index (χ2n) is 9.22. The number of carbonyl (C=O) groups is 1. The molecule has 4 heterocycles. The third-order valence-electron chi connectivity index (χ3n) is 6.59. The number of esters is 1. The molecule has 1 aliphatic rings. The first-order chi connectivity index (χ1) is 19.2. The number of ether oxygens (including phenoxy) is 2. The van der Waals surface area contributed by atoms with Gasteiger partial charge in [0.05, 0.1) is 30.5 Å². The van der Waals surface area contributed by atoms with Gasteiger partial charge in [0.15, 0.2) is 11.3 Å². The molecule has 0 unspecified atom stereocenters. The molecule has 0 bridgehead atoms. The van der Waals surface area contributed by atoms with E-state index >= 15 is 0 Å². The zero-order chi connectivity index (χ0) is 26.6. The molecule has 1 aliphatic heterocycles. The molecule has 3 aromatic heterocycles. The number of thiazole rings is 1. The van der Waals surface area contributed by atoms with Crippen LogP contribution in [0.3, 0.4) is 0 Å². The van der Waals surface area contributed by atoms with Crippen LogP contribution in [0.1, 0.15) is 40.7 Å². The van der Waals surface area contributed by atoms with Crippen molar-refractivity contribution in [2.24, 2.45) is 0 Å². The fourth-order valence-electron chi connectivity index (χ4n) is 4.67. The van der Waals surface area contributed by atoms with Crippen molar-refractivity contribution in [1.82, 2.24) is 24.7 Å². The molecule has 0 aliphatic carbocycles. The van der Waals surface area contributed by atoms with Gasteiger partial charge in [-0.3, -0.25) is 0 Å². The minimum absolute atomic E-state index is 0.314. The number of hydrogen-bond acceptors (Lipinski definition) is 9. The lowest BCUT2D eigenvalue weighted by Gasteiger charge is -2.18. The number of carbonyl (C=O) groups excluding carboxylic acids is 1. The van der Waals surface area contributed by atoms with Gasteiger partial charge in [0.25, 0.3) is 0 Å². The molecule has 1 N–H and O–H groups in total. The smallest absolute Gasteiger partial charge is 0.358 e.